The van der Waals surface area contributed by atoms with Crippen molar-refractivity contribution >= 4 is 21.6 Å². The maximum Gasteiger partial charge on any atom is 0.243 e. The Hall–Kier alpha value is -2.38. The van der Waals surface area contributed by atoms with Crippen LogP contribution in [0.4, 0.5) is 5.69 Å². The van der Waals surface area contributed by atoms with Crippen LogP contribution in [0.5, 0.6) is 0 Å². The molecular weight excluding hydrogens is 410 g/mol. The van der Waals surface area contributed by atoms with E-state index in [1.165, 1.54) is 0 Å². The number of para-hydroxylation sites is 1. The van der Waals surface area contributed by atoms with Gasteiger partial charge in [-0.15, -0.1) is 0 Å². The van der Waals surface area contributed by atoms with Crippen LogP contribution in [-0.4, -0.2) is 44.8 Å². The van der Waals surface area contributed by atoms with Crippen LogP contribution < -0.4 is 10.6 Å². The highest BCUT2D eigenvalue weighted by atomic mass is 32.2. The summed E-state index contributed by atoms with van der Waals surface area (Å²) >= 11 is 0. The zero-order valence-corrected chi connectivity index (χ0v) is 18.9. The summed E-state index contributed by atoms with van der Waals surface area (Å²) < 4.78 is 27.3. The number of carbonyl (C=O) groups is 1. The van der Waals surface area contributed by atoms with Gasteiger partial charge >= 0.3 is 0 Å². The van der Waals surface area contributed by atoms with Gasteiger partial charge in [-0.25, -0.2) is 8.42 Å². The molecule has 2 aromatic carbocycles. The molecule has 0 spiro atoms. The Morgan fingerprint density at radius 1 is 0.871 bits per heavy atom. The molecule has 1 aliphatic rings. The first-order chi connectivity index (χ1) is 15.1. The third-order valence-corrected chi connectivity index (χ3v) is 7.46. The SMILES string of the molecule is O=C(CCc1ccc(S(=O)(=O)N2CCCCCC2)cc1)NCCCNc1ccccc1. The number of aryl methyl sites for hydroxylation is 1. The van der Waals surface area contributed by atoms with Crippen molar-refractivity contribution in [1.82, 2.24) is 9.62 Å². The van der Waals surface area contributed by atoms with Gasteiger partial charge in [0.15, 0.2) is 0 Å². The van der Waals surface area contributed by atoms with E-state index in [9.17, 15) is 13.2 Å². The molecule has 0 bridgehead atoms. The molecule has 1 heterocycles. The second-order valence-corrected chi connectivity index (χ2v) is 9.90. The lowest BCUT2D eigenvalue weighted by atomic mass is 10.1. The fraction of sp³-hybridized carbons (Fsp3) is 0.458. The number of benzene rings is 2. The summed E-state index contributed by atoms with van der Waals surface area (Å²) in [6.45, 7) is 2.64. The Morgan fingerprint density at radius 3 is 2.23 bits per heavy atom. The van der Waals surface area contributed by atoms with Gasteiger partial charge in [0, 0.05) is 38.3 Å². The Bertz CT molecular complexity index is 907. The van der Waals surface area contributed by atoms with E-state index in [-0.39, 0.29) is 5.91 Å². The molecule has 6 nitrogen and oxygen atoms in total. The van der Waals surface area contributed by atoms with E-state index in [1.807, 2.05) is 42.5 Å². The zero-order valence-electron chi connectivity index (χ0n) is 18.1. The molecule has 31 heavy (non-hydrogen) atoms. The van der Waals surface area contributed by atoms with E-state index >= 15 is 0 Å². The number of amides is 1. The summed E-state index contributed by atoms with van der Waals surface area (Å²) in [5, 5.41) is 6.26. The fourth-order valence-electron chi connectivity index (χ4n) is 3.71. The van der Waals surface area contributed by atoms with E-state index in [0.717, 1.165) is 49.9 Å². The second-order valence-electron chi connectivity index (χ2n) is 7.96. The van der Waals surface area contributed by atoms with Gasteiger partial charge in [0.05, 0.1) is 4.90 Å². The number of sulfonamides is 1. The third-order valence-electron chi connectivity index (χ3n) is 5.55. The van der Waals surface area contributed by atoms with Crippen molar-refractivity contribution in [3.8, 4) is 0 Å². The van der Waals surface area contributed by atoms with Crippen molar-refractivity contribution in [2.24, 2.45) is 0 Å². The summed E-state index contributed by atoms with van der Waals surface area (Å²) in [5.74, 6) is 0.0148. The van der Waals surface area contributed by atoms with Crippen LogP contribution in [0.3, 0.4) is 0 Å². The van der Waals surface area contributed by atoms with E-state index in [2.05, 4.69) is 10.6 Å². The molecule has 1 aliphatic heterocycles. The van der Waals surface area contributed by atoms with Gasteiger partial charge in [0.2, 0.25) is 15.9 Å². The van der Waals surface area contributed by atoms with Crippen molar-refractivity contribution in [3.05, 3.63) is 60.2 Å². The topological polar surface area (TPSA) is 78.5 Å². The second kappa shape index (κ2) is 11.9. The lowest BCUT2D eigenvalue weighted by Crippen LogP contribution is -2.31. The van der Waals surface area contributed by atoms with E-state index in [1.54, 1.807) is 16.4 Å². The molecule has 168 valence electrons. The lowest BCUT2D eigenvalue weighted by Gasteiger charge is -2.20. The molecule has 1 fully saturated rings. The highest BCUT2D eigenvalue weighted by molar-refractivity contribution is 7.89. The van der Waals surface area contributed by atoms with Crippen molar-refractivity contribution in [1.29, 1.82) is 0 Å². The van der Waals surface area contributed by atoms with E-state index < -0.39 is 10.0 Å². The minimum Gasteiger partial charge on any atom is -0.385 e. The monoisotopic (exact) mass is 443 g/mol. The molecule has 0 saturated carbocycles. The first kappa shape index (κ1) is 23.3. The summed E-state index contributed by atoms with van der Waals surface area (Å²) in [7, 11) is -3.42. The largest absolute Gasteiger partial charge is 0.385 e. The summed E-state index contributed by atoms with van der Waals surface area (Å²) in [4.78, 5) is 12.4. The van der Waals surface area contributed by atoms with Gasteiger partial charge in [-0.05, 0) is 55.5 Å². The van der Waals surface area contributed by atoms with Crippen LogP contribution in [0.25, 0.3) is 0 Å². The molecule has 2 aromatic rings. The normalized spacial score (nSPS) is 15.2. The highest BCUT2D eigenvalue weighted by Crippen LogP contribution is 2.21. The standard InChI is InChI=1S/C24H33N3O3S/c28-24(26-18-8-17-25-22-9-4-3-5-10-22)16-13-21-11-14-23(15-12-21)31(29,30)27-19-6-1-2-7-20-27/h3-5,9-12,14-15,25H,1-2,6-8,13,16-20H2,(H,26,28). The zero-order chi connectivity index (χ0) is 21.9. The quantitative estimate of drug-likeness (QED) is 0.548. The third kappa shape index (κ3) is 7.36. The first-order valence-electron chi connectivity index (χ1n) is 11.2. The van der Waals surface area contributed by atoms with Gasteiger partial charge in [0.25, 0.3) is 0 Å². The van der Waals surface area contributed by atoms with Crippen molar-refractivity contribution in [3.63, 3.8) is 0 Å². The van der Waals surface area contributed by atoms with Gasteiger partial charge < -0.3 is 10.6 Å². The molecule has 3 rings (SSSR count). The maximum atomic E-state index is 12.8. The Kier molecular flexibility index (Phi) is 8.91. The molecule has 1 amide bonds. The molecule has 1 saturated heterocycles. The molecule has 0 atom stereocenters. The Labute approximate surface area is 186 Å². The molecular formula is C24H33N3O3S. The van der Waals surface area contributed by atoms with Gasteiger partial charge in [-0.1, -0.05) is 43.2 Å². The van der Waals surface area contributed by atoms with Crippen LogP contribution in [0.15, 0.2) is 59.5 Å². The Morgan fingerprint density at radius 2 is 1.55 bits per heavy atom. The molecule has 2 N–H and O–H groups in total. The van der Waals surface area contributed by atoms with Gasteiger partial charge in [-0.2, -0.15) is 4.31 Å². The first-order valence-corrected chi connectivity index (χ1v) is 12.6. The number of nitrogens with zero attached hydrogens (tertiary/aromatic N) is 1. The minimum absolute atomic E-state index is 0.0148. The summed E-state index contributed by atoms with van der Waals surface area (Å²) in [6.07, 6.45) is 5.88. The summed E-state index contributed by atoms with van der Waals surface area (Å²) in [5.41, 5.74) is 2.05. The number of hydrogen-bond donors (Lipinski definition) is 2. The van der Waals surface area contributed by atoms with Gasteiger partial charge in [0.1, 0.15) is 0 Å². The maximum absolute atomic E-state index is 12.8. The van der Waals surface area contributed by atoms with Crippen LogP contribution in [0, 0.1) is 0 Å². The predicted octanol–water partition coefficient (Wildman–Crippen LogP) is 3.80. The number of carbonyl (C=O) groups excluding carboxylic acids is 1. The number of anilines is 1. The molecule has 0 unspecified atom stereocenters. The van der Waals surface area contributed by atoms with Crippen LogP contribution in [0.1, 0.15) is 44.1 Å². The molecule has 0 aromatic heterocycles. The highest BCUT2D eigenvalue weighted by Gasteiger charge is 2.24. The number of nitrogens with one attached hydrogen (secondary N) is 2. The van der Waals surface area contributed by atoms with Crippen LogP contribution in [-0.2, 0) is 21.2 Å². The fourth-order valence-corrected chi connectivity index (χ4v) is 5.23. The predicted molar refractivity (Wildman–Crippen MR) is 125 cm³/mol. The van der Waals surface area contributed by atoms with Gasteiger partial charge in [-0.3, -0.25) is 4.79 Å². The number of rotatable bonds is 10. The van der Waals surface area contributed by atoms with Crippen LogP contribution in [0.2, 0.25) is 0 Å². The minimum atomic E-state index is -3.42. The average molecular weight is 444 g/mol. The van der Waals surface area contributed by atoms with Crippen molar-refractivity contribution in [2.75, 3.05) is 31.5 Å². The Balaban J connectivity index is 1.38. The lowest BCUT2D eigenvalue weighted by molar-refractivity contribution is -0.121. The number of hydrogen-bond acceptors (Lipinski definition) is 4. The van der Waals surface area contributed by atoms with E-state index in [0.29, 0.717) is 37.4 Å². The van der Waals surface area contributed by atoms with Crippen molar-refractivity contribution in [2.45, 2.75) is 49.8 Å². The smallest absolute Gasteiger partial charge is 0.243 e. The summed E-state index contributed by atoms with van der Waals surface area (Å²) in [6, 6.07) is 17.0. The molecule has 0 radical (unpaired) electrons. The molecule has 7 heteroatoms. The average Bonchev–Trinajstić information content (AvgIpc) is 3.09. The van der Waals surface area contributed by atoms with E-state index in [4.69, 9.17) is 0 Å². The molecule has 0 aliphatic carbocycles. The van der Waals surface area contributed by atoms with Crippen molar-refractivity contribution < 1.29 is 13.2 Å². The van der Waals surface area contributed by atoms with Crippen LogP contribution >= 0.6 is 0 Å².